The van der Waals surface area contributed by atoms with Crippen molar-refractivity contribution in [3.8, 4) is 5.75 Å². The highest BCUT2D eigenvalue weighted by Gasteiger charge is 2.20. The van der Waals surface area contributed by atoms with Crippen LogP contribution in [0.1, 0.15) is 17.3 Å². The monoisotopic (exact) mass is 272 g/mol. The third-order valence-electron chi connectivity index (χ3n) is 3.15. The van der Waals surface area contributed by atoms with Gasteiger partial charge in [-0.05, 0) is 18.4 Å². The van der Waals surface area contributed by atoms with Crippen LogP contribution in [-0.4, -0.2) is 34.9 Å². The van der Waals surface area contributed by atoms with Crippen LogP contribution in [0.25, 0.3) is 10.8 Å². The van der Waals surface area contributed by atoms with Crippen molar-refractivity contribution in [2.24, 2.45) is 5.73 Å². The van der Waals surface area contributed by atoms with Crippen LogP contribution in [0.2, 0.25) is 0 Å². The molecular weight excluding hydrogens is 256 g/mol. The van der Waals surface area contributed by atoms with Crippen LogP contribution < -0.4 is 5.73 Å². The molecule has 0 radical (unpaired) electrons. The average molecular weight is 272 g/mol. The molecule has 0 aromatic heterocycles. The van der Waals surface area contributed by atoms with E-state index in [2.05, 4.69) is 0 Å². The Labute approximate surface area is 116 Å². The number of primary amides is 1. The van der Waals surface area contributed by atoms with Crippen molar-refractivity contribution in [1.29, 1.82) is 0 Å². The van der Waals surface area contributed by atoms with Crippen molar-refractivity contribution in [2.75, 3.05) is 13.1 Å². The summed E-state index contributed by atoms with van der Waals surface area (Å²) < 4.78 is 0. The van der Waals surface area contributed by atoms with Crippen LogP contribution in [0.5, 0.6) is 5.75 Å². The van der Waals surface area contributed by atoms with Crippen molar-refractivity contribution in [1.82, 2.24) is 4.90 Å². The number of phenolic OH excluding ortho intramolecular Hbond substituents is 1. The minimum absolute atomic E-state index is 0.0731. The molecule has 0 aliphatic rings. The Bertz CT molecular complexity index is 667. The van der Waals surface area contributed by atoms with E-state index in [9.17, 15) is 14.7 Å². The van der Waals surface area contributed by atoms with Crippen LogP contribution in [0.15, 0.2) is 36.4 Å². The molecule has 0 spiro atoms. The molecule has 0 unspecified atom stereocenters. The molecule has 0 aliphatic heterocycles. The fourth-order valence-electron chi connectivity index (χ4n) is 2.11. The third kappa shape index (κ3) is 2.56. The normalized spacial score (nSPS) is 10.4. The van der Waals surface area contributed by atoms with Gasteiger partial charge >= 0.3 is 0 Å². The molecule has 3 N–H and O–H groups in total. The van der Waals surface area contributed by atoms with Gasteiger partial charge in [-0.25, -0.2) is 0 Å². The molecule has 0 heterocycles. The quantitative estimate of drug-likeness (QED) is 0.884. The minimum Gasteiger partial charge on any atom is -0.506 e. The van der Waals surface area contributed by atoms with Crippen LogP contribution in [0.3, 0.4) is 0 Å². The van der Waals surface area contributed by atoms with Crippen LogP contribution >= 0.6 is 0 Å². The molecule has 0 aliphatic carbocycles. The maximum Gasteiger partial charge on any atom is 0.258 e. The van der Waals surface area contributed by atoms with E-state index in [1.165, 1.54) is 4.90 Å². The molecule has 2 rings (SSSR count). The number of amides is 2. The fraction of sp³-hybridized carbons (Fsp3) is 0.200. The van der Waals surface area contributed by atoms with E-state index in [-0.39, 0.29) is 17.9 Å². The Morgan fingerprint density at radius 2 is 1.90 bits per heavy atom. The molecule has 0 atom stereocenters. The van der Waals surface area contributed by atoms with Crippen LogP contribution in [-0.2, 0) is 4.79 Å². The van der Waals surface area contributed by atoms with Crippen molar-refractivity contribution >= 4 is 22.6 Å². The summed E-state index contributed by atoms with van der Waals surface area (Å²) in [5, 5.41) is 11.7. The molecule has 5 heteroatoms. The second kappa shape index (κ2) is 5.61. The first-order valence-electron chi connectivity index (χ1n) is 6.33. The maximum absolute atomic E-state index is 12.3. The first kappa shape index (κ1) is 13.9. The van der Waals surface area contributed by atoms with Crippen LogP contribution in [0, 0.1) is 0 Å². The standard InChI is InChI=1S/C15H16N2O3/c1-2-17(9-13(16)18)15(20)12-8-7-10-5-3-4-6-11(10)14(12)19/h3-8,19H,2,9H2,1H3,(H2,16,18). The highest BCUT2D eigenvalue weighted by molar-refractivity contribution is 6.04. The van der Waals surface area contributed by atoms with E-state index in [1.54, 1.807) is 31.2 Å². The summed E-state index contributed by atoms with van der Waals surface area (Å²) in [6, 6.07) is 10.6. The summed E-state index contributed by atoms with van der Waals surface area (Å²) >= 11 is 0. The first-order chi connectivity index (χ1) is 9.54. The molecule has 2 aromatic carbocycles. The summed E-state index contributed by atoms with van der Waals surface area (Å²) in [6.45, 7) is 1.93. The smallest absolute Gasteiger partial charge is 0.258 e. The third-order valence-corrected chi connectivity index (χ3v) is 3.15. The van der Waals surface area contributed by atoms with Gasteiger partial charge in [0.05, 0.1) is 12.1 Å². The predicted octanol–water partition coefficient (Wildman–Crippen LogP) is 1.49. The lowest BCUT2D eigenvalue weighted by molar-refractivity contribution is -0.118. The number of likely N-dealkylation sites (N-methyl/N-ethyl adjacent to an activating group) is 1. The summed E-state index contributed by atoms with van der Waals surface area (Å²) in [7, 11) is 0. The number of fused-ring (bicyclic) bond motifs is 1. The second-order valence-electron chi connectivity index (χ2n) is 4.47. The van der Waals surface area contributed by atoms with Crippen molar-refractivity contribution < 1.29 is 14.7 Å². The predicted molar refractivity (Wildman–Crippen MR) is 76.4 cm³/mol. The molecule has 5 nitrogen and oxygen atoms in total. The SMILES string of the molecule is CCN(CC(N)=O)C(=O)c1ccc2ccccc2c1O. The van der Waals surface area contributed by atoms with Crippen molar-refractivity contribution in [2.45, 2.75) is 6.92 Å². The second-order valence-corrected chi connectivity index (χ2v) is 4.47. The number of benzene rings is 2. The number of phenols is 1. The lowest BCUT2D eigenvalue weighted by Crippen LogP contribution is -2.38. The summed E-state index contributed by atoms with van der Waals surface area (Å²) in [4.78, 5) is 24.6. The zero-order chi connectivity index (χ0) is 14.7. The van der Waals surface area contributed by atoms with Gasteiger partial charge in [0.1, 0.15) is 5.75 Å². The summed E-state index contributed by atoms with van der Waals surface area (Å²) in [5.74, 6) is -1.06. The van der Waals surface area contributed by atoms with Gasteiger partial charge in [-0.15, -0.1) is 0 Å². The number of hydrogen-bond donors (Lipinski definition) is 2. The maximum atomic E-state index is 12.3. The number of rotatable bonds is 4. The van der Waals surface area contributed by atoms with Crippen molar-refractivity contribution in [3.05, 3.63) is 42.0 Å². The Balaban J connectivity index is 2.44. The lowest BCUT2D eigenvalue weighted by Gasteiger charge is -2.20. The topological polar surface area (TPSA) is 83.6 Å². The molecule has 2 amide bonds. The number of nitrogens with zero attached hydrogens (tertiary/aromatic N) is 1. The zero-order valence-corrected chi connectivity index (χ0v) is 11.2. The van der Waals surface area contributed by atoms with E-state index in [0.717, 1.165) is 5.39 Å². The molecule has 0 saturated carbocycles. The van der Waals surface area contributed by atoms with Gasteiger partial charge in [-0.3, -0.25) is 9.59 Å². The van der Waals surface area contributed by atoms with E-state index < -0.39 is 11.8 Å². The summed E-state index contributed by atoms with van der Waals surface area (Å²) in [6.07, 6.45) is 0. The van der Waals surface area contributed by atoms with Gasteiger partial charge in [-0.2, -0.15) is 0 Å². The van der Waals surface area contributed by atoms with Gasteiger partial charge in [-0.1, -0.05) is 30.3 Å². The molecule has 0 bridgehead atoms. The average Bonchev–Trinajstić information content (AvgIpc) is 2.44. The first-order valence-corrected chi connectivity index (χ1v) is 6.33. The number of hydrogen-bond acceptors (Lipinski definition) is 3. The van der Waals surface area contributed by atoms with Gasteiger partial charge in [0.2, 0.25) is 5.91 Å². The van der Waals surface area contributed by atoms with Crippen molar-refractivity contribution in [3.63, 3.8) is 0 Å². The van der Waals surface area contributed by atoms with E-state index in [1.807, 2.05) is 12.1 Å². The summed E-state index contributed by atoms with van der Waals surface area (Å²) in [5.41, 5.74) is 5.29. The number of carbonyl (C=O) groups excluding carboxylic acids is 2. The number of nitrogens with two attached hydrogens (primary N) is 1. The van der Waals surface area contributed by atoms with E-state index in [0.29, 0.717) is 11.9 Å². The Kier molecular flexibility index (Phi) is 3.89. The van der Waals surface area contributed by atoms with E-state index >= 15 is 0 Å². The highest BCUT2D eigenvalue weighted by Crippen LogP contribution is 2.29. The molecular formula is C15H16N2O3. The molecule has 0 fully saturated rings. The highest BCUT2D eigenvalue weighted by atomic mass is 16.3. The number of carbonyl (C=O) groups is 2. The van der Waals surface area contributed by atoms with Gasteiger partial charge < -0.3 is 15.7 Å². The Morgan fingerprint density at radius 1 is 1.20 bits per heavy atom. The lowest BCUT2D eigenvalue weighted by atomic mass is 10.0. The van der Waals surface area contributed by atoms with Gasteiger partial charge in [0, 0.05) is 11.9 Å². The van der Waals surface area contributed by atoms with Gasteiger partial charge in [0.15, 0.2) is 0 Å². The Morgan fingerprint density at radius 3 is 2.55 bits per heavy atom. The van der Waals surface area contributed by atoms with Gasteiger partial charge in [0.25, 0.3) is 5.91 Å². The molecule has 0 saturated heterocycles. The molecule has 2 aromatic rings. The zero-order valence-electron chi connectivity index (χ0n) is 11.2. The molecule has 104 valence electrons. The Hall–Kier alpha value is -2.56. The van der Waals surface area contributed by atoms with E-state index in [4.69, 9.17) is 5.73 Å². The fourth-order valence-corrected chi connectivity index (χ4v) is 2.11. The largest absolute Gasteiger partial charge is 0.506 e. The number of aromatic hydroxyl groups is 1. The molecule has 20 heavy (non-hydrogen) atoms. The minimum atomic E-state index is -0.583. The van der Waals surface area contributed by atoms with Crippen LogP contribution in [0.4, 0.5) is 0 Å².